The average Bonchev–Trinajstić information content (AvgIpc) is 2.89. The van der Waals surface area contributed by atoms with Crippen molar-refractivity contribution < 1.29 is 13.9 Å². The largest absolute Gasteiger partial charge is 0.468 e. The molecule has 0 saturated heterocycles. The molecule has 0 unspecified atom stereocenters. The van der Waals surface area contributed by atoms with Crippen molar-refractivity contribution in [3.8, 4) is 11.1 Å². The SMILES string of the molecule is CCCCc1occ(-c2ccccc2)c1C(=O)OC. The van der Waals surface area contributed by atoms with E-state index in [1.54, 1.807) is 6.26 Å². The van der Waals surface area contributed by atoms with Crippen LogP contribution in [-0.2, 0) is 11.2 Å². The fourth-order valence-corrected chi connectivity index (χ4v) is 2.08. The quantitative estimate of drug-likeness (QED) is 0.759. The number of carbonyl (C=O) groups excluding carboxylic acids is 1. The minimum Gasteiger partial charge on any atom is -0.468 e. The van der Waals surface area contributed by atoms with Gasteiger partial charge in [0.25, 0.3) is 0 Å². The van der Waals surface area contributed by atoms with Crippen LogP contribution in [0.2, 0.25) is 0 Å². The van der Waals surface area contributed by atoms with Crippen molar-refractivity contribution in [3.63, 3.8) is 0 Å². The average molecular weight is 258 g/mol. The normalized spacial score (nSPS) is 10.4. The Labute approximate surface area is 113 Å². The van der Waals surface area contributed by atoms with Crippen LogP contribution in [0.15, 0.2) is 41.0 Å². The fraction of sp³-hybridized carbons (Fsp3) is 0.312. The molecule has 0 aliphatic rings. The van der Waals surface area contributed by atoms with Crippen LogP contribution < -0.4 is 0 Å². The summed E-state index contributed by atoms with van der Waals surface area (Å²) in [4.78, 5) is 12.0. The van der Waals surface area contributed by atoms with E-state index in [0.29, 0.717) is 11.3 Å². The highest BCUT2D eigenvalue weighted by molar-refractivity contribution is 5.98. The van der Waals surface area contributed by atoms with Gasteiger partial charge in [-0.2, -0.15) is 0 Å². The Kier molecular flexibility index (Phi) is 4.39. The number of esters is 1. The summed E-state index contributed by atoms with van der Waals surface area (Å²) in [7, 11) is 1.40. The van der Waals surface area contributed by atoms with Crippen LogP contribution in [0.3, 0.4) is 0 Å². The third-order valence-corrected chi connectivity index (χ3v) is 3.10. The Morgan fingerprint density at radius 3 is 2.63 bits per heavy atom. The topological polar surface area (TPSA) is 39.4 Å². The van der Waals surface area contributed by atoms with Gasteiger partial charge in [-0.15, -0.1) is 0 Å². The second-order valence-corrected chi connectivity index (χ2v) is 4.41. The maximum absolute atomic E-state index is 12.0. The zero-order chi connectivity index (χ0) is 13.7. The van der Waals surface area contributed by atoms with Gasteiger partial charge in [0, 0.05) is 12.0 Å². The summed E-state index contributed by atoms with van der Waals surface area (Å²) in [5, 5.41) is 0. The lowest BCUT2D eigenvalue weighted by Crippen LogP contribution is -2.05. The van der Waals surface area contributed by atoms with Gasteiger partial charge in [-0.1, -0.05) is 43.7 Å². The van der Waals surface area contributed by atoms with Gasteiger partial charge in [-0.05, 0) is 12.0 Å². The number of furan rings is 1. The molecule has 0 radical (unpaired) electrons. The van der Waals surface area contributed by atoms with Crippen molar-refractivity contribution >= 4 is 5.97 Å². The highest BCUT2D eigenvalue weighted by Gasteiger charge is 2.21. The molecular weight excluding hydrogens is 240 g/mol. The first-order chi connectivity index (χ1) is 9.27. The number of unbranched alkanes of at least 4 members (excludes halogenated alkanes) is 1. The molecule has 100 valence electrons. The number of aryl methyl sites for hydroxylation is 1. The molecule has 0 amide bonds. The summed E-state index contributed by atoms with van der Waals surface area (Å²) in [6.45, 7) is 2.11. The van der Waals surface area contributed by atoms with E-state index in [1.807, 2.05) is 30.3 Å². The maximum Gasteiger partial charge on any atom is 0.342 e. The first kappa shape index (κ1) is 13.4. The van der Waals surface area contributed by atoms with Gasteiger partial charge in [0.2, 0.25) is 0 Å². The van der Waals surface area contributed by atoms with E-state index in [0.717, 1.165) is 30.4 Å². The zero-order valence-corrected chi connectivity index (χ0v) is 11.3. The lowest BCUT2D eigenvalue weighted by molar-refractivity contribution is 0.0599. The number of hydrogen-bond donors (Lipinski definition) is 0. The number of rotatable bonds is 5. The summed E-state index contributed by atoms with van der Waals surface area (Å²) in [5.41, 5.74) is 2.33. The van der Waals surface area contributed by atoms with Crippen LogP contribution in [0.1, 0.15) is 35.9 Å². The summed E-state index contributed by atoms with van der Waals surface area (Å²) < 4.78 is 10.5. The van der Waals surface area contributed by atoms with E-state index in [9.17, 15) is 4.79 Å². The minimum atomic E-state index is -0.335. The third kappa shape index (κ3) is 2.87. The monoisotopic (exact) mass is 258 g/mol. The minimum absolute atomic E-state index is 0.335. The molecule has 0 bridgehead atoms. The van der Waals surface area contributed by atoms with Gasteiger partial charge in [0.15, 0.2) is 0 Å². The fourth-order valence-electron chi connectivity index (χ4n) is 2.08. The predicted octanol–water partition coefficient (Wildman–Crippen LogP) is 4.08. The van der Waals surface area contributed by atoms with Gasteiger partial charge < -0.3 is 9.15 Å². The first-order valence-corrected chi connectivity index (χ1v) is 6.52. The molecule has 0 N–H and O–H groups in total. The van der Waals surface area contributed by atoms with Gasteiger partial charge in [-0.3, -0.25) is 0 Å². The number of carbonyl (C=O) groups is 1. The molecule has 1 heterocycles. The molecule has 0 atom stereocenters. The lowest BCUT2D eigenvalue weighted by atomic mass is 10.0. The van der Waals surface area contributed by atoms with Crippen LogP contribution in [0.4, 0.5) is 0 Å². The van der Waals surface area contributed by atoms with Crippen molar-refractivity contribution in [1.29, 1.82) is 0 Å². The molecule has 19 heavy (non-hydrogen) atoms. The predicted molar refractivity (Wildman–Crippen MR) is 74.1 cm³/mol. The Balaban J connectivity index is 2.44. The van der Waals surface area contributed by atoms with Gasteiger partial charge in [0.05, 0.1) is 13.4 Å². The van der Waals surface area contributed by atoms with Crippen LogP contribution in [0, 0.1) is 0 Å². The summed E-state index contributed by atoms with van der Waals surface area (Å²) in [6, 6.07) is 9.74. The summed E-state index contributed by atoms with van der Waals surface area (Å²) >= 11 is 0. The van der Waals surface area contributed by atoms with Gasteiger partial charge in [-0.25, -0.2) is 4.79 Å². The molecule has 0 aliphatic heterocycles. The summed E-state index contributed by atoms with van der Waals surface area (Å²) in [6.07, 6.45) is 4.45. The van der Waals surface area contributed by atoms with Crippen molar-refractivity contribution in [2.24, 2.45) is 0 Å². The van der Waals surface area contributed by atoms with Crippen molar-refractivity contribution in [2.45, 2.75) is 26.2 Å². The van der Waals surface area contributed by atoms with E-state index in [2.05, 4.69) is 6.92 Å². The highest BCUT2D eigenvalue weighted by Crippen LogP contribution is 2.29. The van der Waals surface area contributed by atoms with Gasteiger partial charge >= 0.3 is 5.97 Å². The van der Waals surface area contributed by atoms with E-state index in [-0.39, 0.29) is 5.97 Å². The van der Waals surface area contributed by atoms with E-state index in [1.165, 1.54) is 7.11 Å². The molecular formula is C16H18O3. The van der Waals surface area contributed by atoms with E-state index >= 15 is 0 Å². The molecule has 0 spiro atoms. The smallest absolute Gasteiger partial charge is 0.342 e. The number of benzene rings is 1. The van der Waals surface area contributed by atoms with Crippen molar-refractivity contribution in [1.82, 2.24) is 0 Å². The van der Waals surface area contributed by atoms with Crippen LogP contribution in [0.5, 0.6) is 0 Å². The van der Waals surface area contributed by atoms with Crippen LogP contribution >= 0.6 is 0 Å². The molecule has 2 rings (SSSR count). The molecule has 2 aromatic rings. The summed E-state index contributed by atoms with van der Waals surface area (Å²) in [5.74, 6) is 0.381. The third-order valence-electron chi connectivity index (χ3n) is 3.10. The van der Waals surface area contributed by atoms with E-state index in [4.69, 9.17) is 9.15 Å². The second-order valence-electron chi connectivity index (χ2n) is 4.41. The van der Waals surface area contributed by atoms with Crippen LogP contribution in [-0.4, -0.2) is 13.1 Å². The molecule has 0 aliphatic carbocycles. The van der Waals surface area contributed by atoms with Gasteiger partial charge in [0.1, 0.15) is 11.3 Å². The lowest BCUT2D eigenvalue weighted by Gasteiger charge is -2.04. The number of methoxy groups -OCH3 is 1. The molecule has 0 fully saturated rings. The maximum atomic E-state index is 12.0. The number of hydrogen-bond acceptors (Lipinski definition) is 3. The molecule has 1 aromatic carbocycles. The molecule has 1 aromatic heterocycles. The Hall–Kier alpha value is -2.03. The molecule has 0 saturated carbocycles. The van der Waals surface area contributed by atoms with Crippen molar-refractivity contribution in [3.05, 3.63) is 47.9 Å². The van der Waals surface area contributed by atoms with Crippen molar-refractivity contribution in [2.75, 3.05) is 7.11 Å². The first-order valence-electron chi connectivity index (χ1n) is 6.52. The molecule has 3 nitrogen and oxygen atoms in total. The van der Waals surface area contributed by atoms with Crippen LogP contribution in [0.25, 0.3) is 11.1 Å². The highest BCUT2D eigenvalue weighted by atomic mass is 16.5. The Morgan fingerprint density at radius 1 is 1.26 bits per heavy atom. The second kappa shape index (κ2) is 6.23. The number of ether oxygens (including phenoxy) is 1. The Morgan fingerprint density at radius 2 is 2.00 bits per heavy atom. The zero-order valence-electron chi connectivity index (χ0n) is 11.3. The molecule has 3 heteroatoms. The van der Waals surface area contributed by atoms with E-state index < -0.39 is 0 Å². The standard InChI is InChI=1S/C16H18O3/c1-3-4-10-14-15(16(17)18-2)13(11-19-14)12-8-6-5-7-9-12/h5-9,11H,3-4,10H2,1-2H3. The Bertz CT molecular complexity index is 540.